The van der Waals surface area contributed by atoms with Gasteiger partial charge in [0.15, 0.2) is 11.6 Å². The summed E-state index contributed by atoms with van der Waals surface area (Å²) in [7, 11) is 0. The zero-order chi connectivity index (χ0) is 16.8. The van der Waals surface area contributed by atoms with E-state index in [2.05, 4.69) is 20.3 Å². The lowest BCUT2D eigenvalue weighted by Gasteiger charge is -2.01. The van der Waals surface area contributed by atoms with Crippen LogP contribution in [0.15, 0.2) is 37.9 Å². The Morgan fingerprint density at radius 3 is 2.92 bits per heavy atom. The number of hydrogen-bond donors (Lipinski definition) is 0. The first-order valence-corrected chi connectivity index (χ1v) is 8.02. The fraction of sp³-hybridized carbons (Fsp3) is 0.294. The van der Waals surface area contributed by atoms with Crippen molar-refractivity contribution in [1.82, 2.24) is 20.3 Å². The monoisotopic (exact) mass is 338 g/mol. The smallest absolute Gasteiger partial charge is 0.259 e. The Morgan fingerprint density at radius 1 is 1.16 bits per heavy atom. The summed E-state index contributed by atoms with van der Waals surface area (Å²) in [4.78, 5) is 9.05. The van der Waals surface area contributed by atoms with Gasteiger partial charge in [-0.15, -0.1) is 0 Å². The average Bonchev–Trinajstić information content (AvgIpc) is 3.40. The van der Waals surface area contributed by atoms with Crippen LogP contribution < -0.4 is 0 Å². The third-order valence-corrected chi connectivity index (χ3v) is 4.36. The van der Waals surface area contributed by atoms with Gasteiger partial charge in [-0.3, -0.25) is 0 Å². The van der Waals surface area contributed by atoms with Crippen LogP contribution in [0.3, 0.4) is 0 Å². The summed E-state index contributed by atoms with van der Waals surface area (Å²) < 4.78 is 21.7. The summed E-state index contributed by atoms with van der Waals surface area (Å²) >= 11 is 0. The van der Waals surface area contributed by atoms with Crippen molar-refractivity contribution < 1.29 is 18.2 Å². The summed E-state index contributed by atoms with van der Waals surface area (Å²) in [5.74, 6) is 1.86. The van der Waals surface area contributed by atoms with Gasteiger partial charge in [0.25, 0.3) is 11.6 Å². The van der Waals surface area contributed by atoms with Crippen molar-refractivity contribution in [3.05, 3.63) is 36.0 Å². The molecule has 8 heteroatoms. The molecule has 1 aliphatic heterocycles. The molecule has 25 heavy (non-hydrogen) atoms. The van der Waals surface area contributed by atoms with Crippen molar-refractivity contribution in [2.45, 2.75) is 19.3 Å². The number of aromatic nitrogens is 4. The Hall–Kier alpha value is -3.00. The Kier molecular flexibility index (Phi) is 3.17. The largest absolute Gasteiger partial charge is 0.463 e. The van der Waals surface area contributed by atoms with E-state index >= 15 is 0 Å². The summed E-state index contributed by atoms with van der Waals surface area (Å²) in [6.45, 7) is 3.20. The van der Waals surface area contributed by atoms with Gasteiger partial charge in [-0.25, -0.2) is 4.98 Å². The van der Waals surface area contributed by atoms with Crippen molar-refractivity contribution in [2.24, 2.45) is 0 Å². The molecule has 5 rings (SSSR count). The molecule has 0 bridgehead atoms. The number of furan rings is 1. The number of hydrogen-bond acceptors (Lipinski definition) is 8. The average molecular weight is 338 g/mol. The van der Waals surface area contributed by atoms with E-state index in [4.69, 9.17) is 18.2 Å². The Morgan fingerprint density at radius 2 is 2.12 bits per heavy atom. The van der Waals surface area contributed by atoms with Crippen LogP contribution >= 0.6 is 0 Å². The summed E-state index contributed by atoms with van der Waals surface area (Å²) in [6.07, 6.45) is 2.49. The molecular formula is C17H14N4O4. The quantitative estimate of drug-likeness (QED) is 0.560. The fourth-order valence-corrected chi connectivity index (χ4v) is 3.06. The lowest BCUT2D eigenvalue weighted by atomic mass is 10.1. The number of pyridine rings is 1. The lowest BCUT2D eigenvalue weighted by molar-refractivity contribution is 0.192. The van der Waals surface area contributed by atoms with E-state index in [0.29, 0.717) is 41.2 Å². The van der Waals surface area contributed by atoms with Gasteiger partial charge in [0.2, 0.25) is 0 Å². The molecule has 1 atom stereocenters. The number of rotatable bonds is 3. The molecule has 0 N–H and O–H groups in total. The van der Waals surface area contributed by atoms with E-state index in [9.17, 15) is 0 Å². The highest BCUT2D eigenvalue weighted by Gasteiger charge is 2.25. The van der Waals surface area contributed by atoms with Gasteiger partial charge < -0.3 is 18.2 Å². The molecule has 1 saturated heterocycles. The first-order chi connectivity index (χ1) is 12.3. The molecule has 126 valence electrons. The highest BCUT2D eigenvalue weighted by molar-refractivity contribution is 5.93. The van der Waals surface area contributed by atoms with Gasteiger partial charge in [-0.05, 0) is 31.5 Å². The predicted molar refractivity (Wildman–Crippen MR) is 85.7 cm³/mol. The van der Waals surface area contributed by atoms with Crippen LogP contribution in [0.4, 0.5) is 0 Å². The van der Waals surface area contributed by atoms with Crippen LogP contribution in [-0.4, -0.2) is 33.5 Å². The number of aryl methyl sites for hydroxylation is 1. The van der Waals surface area contributed by atoms with E-state index in [1.165, 1.54) is 0 Å². The third kappa shape index (κ3) is 2.33. The van der Waals surface area contributed by atoms with Crippen molar-refractivity contribution in [3.8, 4) is 22.9 Å². The fourth-order valence-electron chi connectivity index (χ4n) is 3.06. The maximum Gasteiger partial charge on any atom is 0.259 e. The molecule has 0 spiro atoms. The molecule has 0 radical (unpaired) electrons. The number of fused-ring (bicyclic) bond motifs is 1. The minimum absolute atomic E-state index is 0.169. The van der Waals surface area contributed by atoms with Gasteiger partial charge >= 0.3 is 0 Å². The topological polar surface area (TPSA) is 100 Å². The molecule has 5 heterocycles. The lowest BCUT2D eigenvalue weighted by Crippen LogP contribution is -1.99. The Balaban J connectivity index is 1.67. The SMILES string of the molecule is Cc1noc2nc(-c3ccco3)cc(-c3nc(C4CCOC4)no3)c12. The van der Waals surface area contributed by atoms with Gasteiger partial charge in [0.1, 0.15) is 5.69 Å². The van der Waals surface area contributed by atoms with Crippen LogP contribution in [0, 0.1) is 6.92 Å². The van der Waals surface area contributed by atoms with Gasteiger partial charge in [-0.2, -0.15) is 4.98 Å². The van der Waals surface area contributed by atoms with Crippen molar-refractivity contribution in [1.29, 1.82) is 0 Å². The highest BCUT2D eigenvalue weighted by Crippen LogP contribution is 2.34. The molecule has 4 aromatic heterocycles. The first-order valence-electron chi connectivity index (χ1n) is 8.02. The minimum Gasteiger partial charge on any atom is -0.463 e. The molecular weight excluding hydrogens is 324 g/mol. The molecule has 8 nitrogen and oxygen atoms in total. The second kappa shape index (κ2) is 5.52. The Bertz CT molecular complexity index is 1030. The van der Waals surface area contributed by atoms with Crippen LogP contribution in [0.2, 0.25) is 0 Å². The maximum atomic E-state index is 5.52. The van der Waals surface area contributed by atoms with E-state index < -0.39 is 0 Å². The van der Waals surface area contributed by atoms with Crippen LogP contribution in [-0.2, 0) is 4.74 Å². The molecule has 1 unspecified atom stereocenters. The van der Waals surface area contributed by atoms with Gasteiger partial charge in [0.05, 0.1) is 29.5 Å². The summed E-state index contributed by atoms with van der Waals surface area (Å²) in [5.41, 5.74) is 2.47. The minimum atomic E-state index is 0.169. The van der Waals surface area contributed by atoms with E-state index in [1.54, 1.807) is 12.3 Å². The van der Waals surface area contributed by atoms with Crippen LogP contribution in [0.1, 0.15) is 23.9 Å². The summed E-state index contributed by atoms with van der Waals surface area (Å²) in [5, 5.41) is 8.90. The normalized spacial score (nSPS) is 17.6. The standard InChI is InChI=1S/C17H14N4O4/c1-9-14-11(16-19-15(21-24-16)10-4-6-22-8-10)7-12(13-3-2-5-23-13)18-17(14)25-20-9/h2-3,5,7,10H,4,6,8H2,1H3. The predicted octanol–water partition coefficient (Wildman–Crippen LogP) is 3.35. The van der Waals surface area contributed by atoms with Gasteiger partial charge in [-0.1, -0.05) is 10.3 Å². The van der Waals surface area contributed by atoms with Crippen molar-refractivity contribution in [3.63, 3.8) is 0 Å². The summed E-state index contributed by atoms with van der Waals surface area (Å²) in [6, 6.07) is 5.49. The van der Waals surface area contributed by atoms with E-state index in [1.807, 2.05) is 19.1 Å². The highest BCUT2D eigenvalue weighted by atomic mass is 16.5. The van der Waals surface area contributed by atoms with Crippen molar-refractivity contribution >= 4 is 11.1 Å². The van der Waals surface area contributed by atoms with E-state index in [-0.39, 0.29) is 5.92 Å². The van der Waals surface area contributed by atoms with Gasteiger partial charge in [0, 0.05) is 12.5 Å². The Labute approximate surface area is 141 Å². The maximum absolute atomic E-state index is 5.52. The zero-order valence-electron chi connectivity index (χ0n) is 13.4. The second-order valence-corrected chi connectivity index (χ2v) is 6.00. The molecule has 0 aromatic carbocycles. The number of nitrogens with zero attached hydrogens (tertiary/aromatic N) is 4. The molecule has 4 aromatic rings. The van der Waals surface area contributed by atoms with Crippen molar-refractivity contribution in [2.75, 3.05) is 13.2 Å². The molecule has 1 fully saturated rings. The van der Waals surface area contributed by atoms with E-state index in [0.717, 1.165) is 24.0 Å². The molecule has 0 amide bonds. The van der Waals surface area contributed by atoms with Crippen LogP contribution in [0.5, 0.6) is 0 Å². The zero-order valence-corrected chi connectivity index (χ0v) is 13.4. The first kappa shape index (κ1) is 14.4. The van der Waals surface area contributed by atoms with Crippen LogP contribution in [0.25, 0.3) is 34.0 Å². The molecule has 0 saturated carbocycles. The molecule has 1 aliphatic rings. The number of ether oxygens (including phenoxy) is 1. The second-order valence-electron chi connectivity index (χ2n) is 6.00. The molecule has 0 aliphatic carbocycles. The third-order valence-electron chi connectivity index (χ3n) is 4.36.